The van der Waals surface area contributed by atoms with Gasteiger partial charge in [0.05, 0.1) is 0 Å². The Morgan fingerprint density at radius 2 is 2.06 bits per heavy atom. The molecule has 3 nitrogen and oxygen atoms in total. The monoisotopic (exact) mass is 260 g/mol. The summed E-state index contributed by atoms with van der Waals surface area (Å²) in [7, 11) is 0. The van der Waals surface area contributed by atoms with Gasteiger partial charge in [0.2, 0.25) is 0 Å². The number of aryl methyl sites for hydroxylation is 1. The highest BCUT2D eigenvalue weighted by molar-refractivity contribution is 7.99. The van der Waals surface area contributed by atoms with Crippen LogP contribution in [0.25, 0.3) is 0 Å². The lowest BCUT2D eigenvalue weighted by Crippen LogP contribution is -2.18. The van der Waals surface area contributed by atoms with Crippen LogP contribution in [0.2, 0.25) is 0 Å². The van der Waals surface area contributed by atoms with Crippen molar-refractivity contribution in [2.24, 2.45) is 5.73 Å². The largest absolute Gasteiger partial charge is 0.326 e. The van der Waals surface area contributed by atoms with Crippen LogP contribution in [0.4, 0.5) is 0 Å². The van der Waals surface area contributed by atoms with Crippen molar-refractivity contribution in [1.82, 2.24) is 4.57 Å². The fraction of sp³-hybridized carbons (Fsp3) is 0.214. The highest BCUT2D eigenvalue weighted by Crippen LogP contribution is 2.19. The van der Waals surface area contributed by atoms with Gasteiger partial charge in [0.25, 0.3) is 5.56 Å². The van der Waals surface area contributed by atoms with Gasteiger partial charge in [-0.2, -0.15) is 0 Å². The Morgan fingerprint density at radius 3 is 2.83 bits per heavy atom. The van der Waals surface area contributed by atoms with Crippen LogP contribution in [0.3, 0.4) is 0 Å². The molecule has 2 rings (SSSR count). The molecule has 0 atom stereocenters. The van der Waals surface area contributed by atoms with Gasteiger partial charge < -0.3 is 10.3 Å². The van der Waals surface area contributed by atoms with Gasteiger partial charge in [-0.25, -0.2) is 0 Å². The van der Waals surface area contributed by atoms with Crippen LogP contribution in [0, 0.1) is 0 Å². The molecule has 0 aliphatic rings. The number of hydrogen-bond acceptors (Lipinski definition) is 3. The van der Waals surface area contributed by atoms with E-state index < -0.39 is 0 Å². The highest BCUT2D eigenvalue weighted by atomic mass is 32.2. The lowest BCUT2D eigenvalue weighted by Gasteiger charge is -2.06. The average Bonchev–Trinajstić information content (AvgIpc) is 2.41. The van der Waals surface area contributed by atoms with Crippen LogP contribution in [0.1, 0.15) is 5.56 Å². The van der Waals surface area contributed by atoms with Crippen LogP contribution in [-0.4, -0.2) is 10.3 Å². The quantitative estimate of drug-likeness (QED) is 0.838. The predicted molar refractivity (Wildman–Crippen MR) is 75.8 cm³/mol. The molecule has 0 bridgehead atoms. The summed E-state index contributed by atoms with van der Waals surface area (Å²) in [4.78, 5) is 12.7. The van der Waals surface area contributed by atoms with Crippen LogP contribution in [-0.2, 0) is 13.1 Å². The smallest absolute Gasteiger partial charge is 0.250 e. The molecule has 1 aromatic carbocycles. The lowest BCUT2D eigenvalue weighted by atomic mass is 10.2. The normalized spacial score (nSPS) is 10.5. The van der Waals surface area contributed by atoms with Gasteiger partial charge in [-0.3, -0.25) is 4.79 Å². The predicted octanol–water partition coefficient (Wildman–Crippen LogP) is 2.10. The van der Waals surface area contributed by atoms with Crippen LogP contribution < -0.4 is 11.3 Å². The molecule has 18 heavy (non-hydrogen) atoms. The third-order valence-corrected chi connectivity index (χ3v) is 3.61. The molecule has 0 unspecified atom stereocenters. The molecule has 0 amide bonds. The second-order valence-electron chi connectivity index (χ2n) is 3.93. The standard InChI is InChI=1S/C14H16N2OS/c15-11-12-4-3-5-13(10-12)18-9-8-16-7-2-1-6-14(16)17/h1-7,10H,8-9,11,15H2. The first-order valence-electron chi connectivity index (χ1n) is 5.87. The fourth-order valence-corrected chi connectivity index (χ4v) is 2.60. The maximum atomic E-state index is 11.5. The Hall–Kier alpha value is -1.52. The van der Waals surface area contributed by atoms with Crippen molar-refractivity contribution >= 4 is 11.8 Å². The van der Waals surface area contributed by atoms with Crippen molar-refractivity contribution in [3.8, 4) is 0 Å². The van der Waals surface area contributed by atoms with E-state index in [1.54, 1.807) is 28.5 Å². The number of aromatic nitrogens is 1. The van der Waals surface area contributed by atoms with Gasteiger partial charge in [0.1, 0.15) is 0 Å². The Kier molecular flexibility index (Phi) is 4.61. The number of hydrogen-bond donors (Lipinski definition) is 1. The van der Waals surface area contributed by atoms with Crippen LogP contribution in [0.5, 0.6) is 0 Å². The second kappa shape index (κ2) is 6.42. The summed E-state index contributed by atoms with van der Waals surface area (Å²) in [5.74, 6) is 0.873. The molecular weight excluding hydrogens is 244 g/mol. The summed E-state index contributed by atoms with van der Waals surface area (Å²) in [6.45, 7) is 1.28. The Morgan fingerprint density at radius 1 is 1.17 bits per heavy atom. The van der Waals surface area contributed by atoms with Gasteiger partial charge in [0.15, 0.2) is 0 Å². The molecule has 0 aliphatic carbocycles. The van der Waals surface area contributed by atoms with E-state index in [0.29, 0.717) is 6.54 Å². The number of nitrogens with two attached hydrogens (primary N) is 1. The molecule has 0 fully saturated rings. The third kappa shape index (κ3) is 3.48. The van der Waals surface area contributed by atoms with Crippen molar-refractivity contribution in [3.63, 3.8) is 0 Å². The maximum Gasteiger partial charge on any atom is 0.250 e. The number of pyridine rings is 1. The third-order valence-electron chi connectivity index (χ3n) is 2.63. The zero-order valence-corrected chi connectivity index (χ0v) is 10.9. The molecule has 0 radical (unpaired) electrons. The van der Waals surface area contributed by atoms with Crippen molar-refractivity contribution in [3.05, 3.63) is 64.6 Å². The van der Waals surface area contributed by atoms with Crippen LogP contribution in [0.15, 0.2) is 58.4 Å². The first-order chi connectivity index (χ1) is 8.79. The van der Waals surface area contributed by atoms with E-state index in [1.807, 2.05) is 24.4 Å². The first-order valence-corrected chi connectivity index (χ1v) is 6.85. The number of thioether (sulfide) groups is 1. The number of benzene rings is 1. The Bertz CT molecular complexity index is 565. The molecule has 1 heterocycles. The van der Waals surface area contributed by atoms with Gasteiger partial charge in [-0.1, -0.05) is 18.2 Å². The minimum Gasteiger partial charge on any atom is -0.326 e. The fourth-order valence-electron chi connectivity index (χ4n) is 1.67. The minimum absolute atomic E-state index is 0.0498. The zero-order chi connectivity index (χ0) is 12.8. The summed E-state index contributed by atoms with van der Waals surface area (Å²) in [6.07, 6.45) is 1.82. The SMILES string of the molecule is NCc1cccc(SCCn2ccccc2=O)c1. The van der Waals surface area contributed by atoms with E-state index in [9.17, 15) is 4.79 Å². The summed E-state index contributed by atoms with van der Waals surface area (Å²) in [6, 6.07) is 13.4. The van der Waals surface area contributed by atoms with Crippen molar-refractivity contribution in [1.29, 1.82) is 0 Å². The molecule has 1 aromatic heterocycles. The van der Waals surface area contributed by atoms with Crippen LogP contribution >= 0.6 is 11.8 Å². The highest BCUT2D eigenvalue weighted by Gasteiger charge is 1.97. The van der Waals surface area contributed by atoms with E-state index in [1.165, 1.54) is 4.90 Å². The maximum absolute atomic E-state index is 11.5. The summed E-state index contributed by atoms with van der Waals surface area (Å²) >= 11 is 1.74. The number of rotatable bonds is 5. The Labute approximate surface area is 111 Å². The van der Waals surface area contributed by atoms with E-state index in [2.05, 4.69) is 12.1 Å². The molecule has 0 spiro atoms. The van der Waals surface area contributed by atoms with Crippen molar-refractivity contribution in [2.45, 2.75) is 18.0 Å². The minimum atomic E-state index is 0.0498. The van der Waals surface area contributed by atoms with Crippen molar-refractivity contribution in [2.75, 3.05) is 5.75 Å². The molecule has 94 valence electrons. The zero-order valence-electron chi connectivity index (χ0n) is 10.1. The van der Waals surface area contributed by atoms with E-state index >= 15 is 0 Å². The summed E-state index contributed by atoms with van der Waals surface area (Å²) < 4.78 is 1.72. The van der Waals surface area contributed by atoms with Gasteiger partial charge in [0, 0.05) is 36.0 Å². The van der Waals surface area contributed by atoms with E-state index in [4.69, 9.17) is 5.73 Å². The number of nitrogens with zero attached hydrogens (tertiary/aromatic N) is 1. The summed E-state index contributed by atoms with van der Waals surface area (Å²) in [5, 5.41) is 0. The molecule has 2 N–H and O–H groups in total. The van der Waals surface area contributed by atoms with Gasteiger partial charge >= 0.3 is 0 Å². The lowest BCUT2D eigenvalue weighted by molar-refractivity contribution is 0.735. The topological polar surface area (TPSA) is 48.0 Å². The Balaban J connectivity index is 1.92. The average molecular weight is 260 g/mol. The first kappa shape index (κ1) is 12.9. The molecule has 0 saturated heterocycles. The molecule has 2 aromatic rings. The van der Waals surface area contributed by atoms with E-state index in [-0.39, 0.29) is 5.56 Å². The van der Waals surface area contributed by atoms with E-state index in [0.717, 1.165) is 17.9 Å². The molecule has 0 aliphatic heterocycles. The second-order valence-corrected chi connectivity index (χ2v) is 5.10. The molecule has 4 heteroatoms. The van der Waals surface area contributed by atoms with Gasteiger partial charge in [-0.15, -0.1) is 11.8 Å². The summed E-state index contributed by atoms with van der Waals surface area (Å²) in [5.41, 5.74) is 6.79. The van der Waals surface area contributed by atoms with Crippen molar-refractivity contribution < 1.29 is 0 Å². The van der Waals surface area contributed by atoms with Gasteiger partial charge in [-0.05, 0) is 23.8 Å². The molecule has 0 saturated carbocycles. The molecular formula is C14H16N2OS.